The Morgan fingerprint density at radius 2 is 1.92 bits per heavy atom. The van der Waals surface area contributed by atoms with Crippen LogP contribution in [0.15, 0.2) is 12.4 Å². The Morgan fingerprint density at radius 1 is 1.12 bits per heavy atom. The Morgan fingerprint density at radius 3 is 2.77 bits per heavy atom. The third-order valence-electron chi connectivity index (χ3n) is 5.97. The summed E-state index contributed by atoms with van der Waals surface area (Å²) >= 11 is 0. The molecular formula is C19H29N5O2. The van der Waals surface area contributed by atoms with Crippen molar-refractivity contribution in [3.05, 3.63) is 18.0 Å². The van der Waals surface area contributed by atoms with Crippen LogP contribution in [0.25, 0.3) is 0 Å². The van der Waals surface area contributed by atoms with E-state index in [1.807, 2.05) is 4.90 Å². The van der Waals surface area contributed by atoms with Crippen molar-refractivity contribution in [2.75, 3.05) is 13.1 Å². The van der Waals surface area contributed by atoms with Gasteiger partial charge in [-0.1, -0.05) is 19.3 Å². The maximum atomic E-state index is 12.8. The molecule has 2 amide bonds. The van der Waals surface area contributed by atoms with Gasteiger partial charge in [-0.15, -0.1) is 0 Å². The number of amides is 2. The Kier molecular flexibility index (Phi) is 5.24. The Balaban J connectivity index is 1.32. The summed E-state index contributed by atoms with van der Waals surface area (Å²) in [7, 11) is 0. The zero-order valence-corrected chi connectivity index (χ0v) is 15.3. The molecule has 0 spiro atoms. The standard InChI is InChI=1S/C19H29N5O2/c25-18(22-15-4-2-1-3-5-15)13-24-11-14(10-20-24)19(26)23-9-8-16-6-7-17(12-23)21-16/h10-11,15-17,21H,1-9,12-13H2,(H,22,25). The number of nitrogens with zero attached hydrogens (tertiary/aromatic N) is 3. The molecule has 2 saturated heterocycles. The average Bonchev–Trinajstić information content (AvgIpc) is 3.21. The summed E-state index contributed by atoms with van der Waals surface area (Å²) < 4.78 is 1.58. The van der Waals surface area contributed by atoms with E-state index in [0.717, 1.165) is 38.8 Å². The van der Waals surface area contributed by atoms with Crippen LogP contribution in [0, 0.1) is 0 Å². The molecular weight excluding hydrogens is 330 g/mol. The number of hydrogen-bond donors (Lipinski definition) is 2. The van der Waals surface area contributed by atoms with Gasteiger partial charge in [0.25, 0.3) is 5.91 Å². The number of likely N-dealkylation sites (tertiary alicyclic amines) is 1. The molecule has 3 heterocycles. The van der Waals surface area contributed by atoms with E-state index in [1.165, 1.54) is 25.7 Å². The van der Waals surface area contributed by atoms with Gasteiger partial charge in [0, 0.05) is 37.4 Å². The van der Waals surface area contributed by atoms with E-state index in [2.05, 4.69) is 15.7 Å². The van der Waals surface area contributed by atoms with E-state index >= 15 is 0 Å². The van der Waals surface area contributed by atoms with Crippen LogP contribution in [0.4, 0.5) is 0 Å². The summed E-state index contributed by atoms with van der Waals surface area (Å²) in [6.45, 7) is 1.74. The Hall–Kier alpha value is -1.89. The number of carbonyl (C=O) groups is 2. The van der Waals surface area contributed by atoms with Crippen LogP contribution in [0.5, 0.6) is 0 Å². The second-order valence-electron chi connectivity index (χ2n) is 8.01. The zero-order chi connectivity index (χ0) is 17.9. The summed E-state index contributed by atoms with van der Waals surface area (Å²) in [6, 6.07) is 1.28. The minimum absolute atomic E-state index is 0.0183. The third-order valence-corrected chi connectivity index (χ3v) is 5.97. The zero-order valence-electron chi connectivity index (χ0n) is 15.3. The van der Waals surface area contributed by atoms with E-state index in [-0.39, 0.29) is 18.4 Å². The maximum Gasteiger partial charge on any atom is 0.257 e. The number of hydrogen-bond acceptors (Lipinski definition) is 4. The number of aromatic nitrogens is 2. The summed E-state index contributed by atoms with van der Waals surface area (Å²) in [5, 5.41) is 10.9. The van der Waals surface area contributed by atoms with Gasteiger partial charge in [0.15, 0.2) is 0 Å². The summed E-state index contributed by atoms with van der Waals surface area (Å²) in [5.41, 5.74) is 0.577. The topological polar surface area (TPSA) is 79.3 Å². The van der Waals surface area contributed by atoms with E-state index in [4.69, 9.17) is 0 Å². The van der Waals surface area contributed by atoms with Crippen molar-refractivity contribution in [1.29, 1.82) is 0 Å². The van der Waals surface area contributed by atoms with Gasteiger partial charge in [0.1, 0.15) is 6.54 Å². The molecule has 26 heavy (non-hydrogen) atoms. The van der Waals surface area contributed by atoms with Crippen molar-refractivity contribution in [2.24, 2.45) is 0 Å². The van der Waals surface area contributed by atoms with Crippen LogP contribution in [0.1, 0.15) is 61.7 Å². The maximum absolute atomic E-state index is 12.8. The fourth-order valence-corrected chi connectivity index (χ4v) is 4.54. The molecule has 142 valence electrons. The first-order chi connectivity index (χ1) is 12.7. The van der Waals surface area contributed by atoms with Gasteiger partial charge in [-0.3, -0.25) is 14.3 Å². The number of rotatable bonds is 4. The van der Waals surface area contributed by atoms with Gasteiger partial charge in [0.05, 0.1) is 11.8 Å². The number of nitrogens with one attached hydrogen (secondary N) is 2. The van der Waals surface area contributed by atoms with Crippen LogP contribution in [0.3, 0.4) is 0 Å². The van der Waals surface area contributed by atoms with E-state index in [0.29, 0.717) is 23.7 Å². The minimum atomic E-state index is -0.0183. The molecule has 4 rings (SSSR count). The molecule has 0 aromatic carbocycles. The molecule has 3 aliphatic rings. The highest BCUT2D eigenvalue weighted by Crippen LogP contribution is 2.21. The van der Waals surface area contributed by atoms with Crippen molar-refractivity contribution < 1.29 is 9.59 Å². The molecule has 2 aliphatic heterocycles. The average molecular weight is 359 g/mol. The van der Waals surface area contributed by atoms with Gasteiger partial charge in [-0.2, -0.15) is 5.10 Å². The van der Waals surface area contributed by atoms with Gasteiger partial charge in [0.2, 0.25) is 5.91 Å². The predicted octanol–water partition coefficient (Wildman–Crippen LogP) is 1.30. The second kappa shape index (κ2) is 7.78. The minimum Gasteiger partial charge on any atom is -0.352 e. The lowest BCUT2D eigenvalue weighted by Crippen LogP contribution is -2.39. The lowest BCUT2D eigenvalue weighted by molar-refractivity contribution is -0.122. The fourth-order valence-electron chi connectivity index (χ4n) is 4.54. The predicted molar refractivity (Wildman–Crippen MR) is 97.7 cm³/mol. The molecule has 2 unspecified atom stereocenters. The Bertz CT molecular complexity index is 652. The van der Waals surface area contributed by atoms with Crippen LogP contribution in [-0.2, 0) is 11.3 Å². The molecule has 2 bridgehead atoms. The van der Waals surface area contributed by atoms with Gasteiger partial charge < -0.3 is 15.5 Å². The van der Waals surface area contributed by atoms with Gasteiger partial charge >= 0.3 is 0 Å². The van der Waals surface area contributed by atoms with Crippen molar-refractivity contribution in [3.63, 3.8) is 0 Å². The SMILES string of the molecule is O=C(Cn1cc(C(=O)N2CCC3CCC(C2)N3)cn1)NC1CCCCC1. The monoisotopic (exact) mass is 359 g/mol. The smallest absolute Gasteiger partial charge is 0.257 e. The largest absolute Gasteiger partial charge is 0.352 e. The molecule has 1 aromatic heterocycles. The molecule has 2 atom stereocenters. The van der Waals surface area contributed by atoms with Crippen LogP contribution in [-0.4, -0.2) is 57.7 Å². The summed E-state index contributed by atoms with van der Waals surface area (Å²) in [4.78, 5) is 26.9. The van der Waals surface area contributed by atoms with E-state index < -0.39 is 0 Å². The van der Waals surface area contributed by atoms with Crippen molar-refractivity contribution in [3.8, 4) is 0 Å². The number of carbonyl (C=O) groups excluding carboxylic acids is 2. The normalized spacial score (nSPS) is 26.5. The van der Waals surface area contributed by atoms with Crippen molar-refractivity contribution in [1.82, 2.24) is 25.3 Å². The summed E-state index contributed by atoms with van der Waals surface area (Å²) in [6.07, 6.45) is 12.5. The number of fused-ring (bicyclic) bond motifs is 2. The highest BCUT2D eigenvalue weighted by Gasteiger charge is 2.31. The molecule has 1 saturated carbocycles. The first-order valence-corrected chi connectivity index (χ1v) is 10.0. The fraction of sp³-hybridized carbons (Fsp3) is 0.737. The quantitative estimate of drug-likeness (QED) is 0.849. The van der Waals surface area contributed by atoms with Crippen molar-refractivity contribution in [2.45, 2.75) is 76.0 Å². The van der Waals surface area contributed by atoms with Gasteiger partial charge in [-0.05, 0) is 32.1 Å². The highest BCUT2D eigenvalue weighted by molar-refractivity contribution is 5.93. The third kappa shape index (κ3) is 4.09. The highest BCUT2D eigenvalue weighted by atomic mass is 16.2. The van der Waals surface area contributed by atoms with Gasteiger partial charge in [-0.25, -0.2) is 0 Å². The summed E-state index contributed by atoms with van der Waals surface area (Å²) in [5.74, 6) is 0.00794. The van der Waals surface area contributed by atoms with E-state index in [9.17, 15) is 9.59 Å². The molecule has 2 N–H and O–H groups in total. The van der Waals surface area contributed by atoms with E-state index in [1.54, 1.807) is 17.1 Å². The van der Waals surface area contributed by atoms with Crippen molar-refractivity contribution >= 4 is 11.8 Å². The molecule has 7 nitrogen and oxygen atoms in total. The molecule has 1 aromatic rings. The van der Waals surface area contributed by atoms with Crippen LogP contribution in [0.2, 0.25) is 0 Å². The first kappa shape index (κ1) is 17.5. The second-order valence-corrected chi connectivity index (χ2v) is 8.01. The lowest BCUT2D eigenvalue weighted by Gasteiger charge is -2.23. The molecule has 0 radical (unpaired) electrons. The molecule has 1 aliphatic carbocycles. The molecule has 3 fully saturated rings. The van der Waals surface area contributed by atoms with Crippen LogP contribution >= 0.6 is 0 Å². The van der Waals surface area contributed by atoms with Crippen LogP contribution < -0.4 is 10.6 Å². The molecule has 7 heteroatoms. The Labute approximate surface area is 154 Å². The first-order valence-electron chi connectivity index (χ1n) is 10.0. The lowest BCUT2D eigenvalue weighted by atomic mass is 9.95.